The molecule has 4 atom stereocenters. The van der Waals surface area contributed by atoms with Crippen LogP contribution in [0.3, 0.4) is 0 Å². The van der Waals surface area contributed by atoms with Crippen molar-refractivity contribution in [1.29, 1.82) is 0 Å². The van der Waals surface area contributed by atoms with Crippen molar-refractivity contribution < 1.29 is 0 Å². The highest BCUT2D eigenvalue weighted by Gasteiger charge is 2.93. The van der Waals surface area contributed by atoms with Gasteiger partial charge < -0.3 is 0 Å². The van der Waals surface area contributed by atoms with Gasteiger partial charge in [0, 0.05) is 5.41 Å². The molecule has 0 saturated heterocycles. The zero-order chi connectivity index (χ0) is 11.2. The van der Waals surface area contributed by atoms with Gasteiger partial charge in [0.25, 0.3) is 0 Å². The Morgan fingerprint density at radius 1 is 0.875 bits per heavy atom. The van der Waals surface area contributed by atoms with Crippen molar-refractivity contribution in [3.63, 3.8) is 0 Å². The fraction of sp³-hybridized carbons (Fsp3) is 0.500. The van der Waals surface area contributed by atoms with Gasteiger partial charge in [-0.25, -0.2) is 0 Å². The van der Waals surface area contributed by atoms with Crippen LogP contribution in [0.2, 0.25) is 0 Å². The molecule has 0 bridgehead atoms. The van der Waals surface area contributed by atoms with Gasteiger partial charge in [0.15, 0.2) is 0 Å². The van der Waals surface area contributed by atoms with E-state index >= 15 is 0 Å². The van der Waals surface area contributed by atoms with Crippen molar-refractivity contribution in [3.05, 3.63) is 48.0 Å². The predicted molar refractivity (Wildman–Crippen MR) is 66.1 cm³/mol. The third-order valence-electron chi connectivity index (χ3n) is 6.35. The quantitative estimate of drug-likeness (QED) is 0.619. The molecule has 82 valence electrons. The summed E-state index contributed by atoms with van der Waals surface area (Å²) < 4.78 is 0. The summed E-state index contributed by atoms with van der Waals surface area (Å²) >= 11 is 0. The molecule has 1 aromatic carbocycles. The summed E-state index contributed by atoms with van der Waals surface area (Å²) in [4.78, 5) is 0. The Kier molecular flexibility index (Phi) is 1.22. The van der Waals surface area contributed by atoms with E-state index in [4.69, 9.17) is 0 Å². The van der Waals surface area contributed by atoms with Crippen LogP contribution in [0.25, 0.3) is 0 Å². The summed E-state index contributed by atoms with van der Waals surface area (Å²) in [6, 6.07) is 11.2. The summed E-state index contributed by atoms with van der Waals surface area (Å²) in [5.74, 6) is 1.66. The summed E-state index contributed by atoms with van der Waals surface area (Å²) in [6.07, 6.45) is 4.87. The Morgan fingerprint density at radius 3 is 2.00 bits per heavy atom. The standard InChI is InChI=1S/C16H18/c1-14(2)15(3)12-9-10-13(12)16(14,15)11-7-5-4-6-8-11/h4-10,12-13H,1-3H3. The van der Waals surface area contributed by atoms with E-state index in [1.165, 1.54) is 0 Å². The molecular formula is C16H18. The third kappa shape index (κ3) is 0.533. The van der Waals surface area contributed by atoms with Crippen molar-refractivity contribution in [3.8, 4) is 0 Å². The number of hydrogen-bond donors (Lipinski definition) is 0. The van der Waals surface area contributed by atoms with Gasteiger partial charge in [-0.3, -0.25) is 0 Å². The molecule has 0 spiro atoms. The Labute approximate surface area is 97.4 Å². The Bertz CT molecular complexity index is 496. The second kappa shape index (κ2) is 2.16. The predicted octanol–water partition coefficient (Wildman–Crippen LogP) is 3.79. The first kappa shape index (κ1) is 9.04. The zero-order valence-corrected chi connectivity index (χ0v) is 10.2. The maximum Gasteiger partial charge on any atom is 0.0143 e. The molecule has 0 heteroatoms. The number of fused-ring (bicyclic) bond motifs is 4. The molecule has 0 nitrogen and oxygen atoms in total. The van der Waals surface area contributed by atoms with Crippen LogP contribution in [0, 0.1) is 22.7 Å². The first-order valence-corrected chi connectivity index (χ1v) is 6.32. The molecule has 3 aliphatic carbocycles. The van der Waals surface area contributed by atoms with Gasteiger partial charge in [0.05, 0.1) is 0 Å². The molecule has 1 aromatic rings. The summed E-state index contributed by atoms with van der Waals surface area (Å²) in [7, 11) is 0. The van der Waals surface area contributed by atoms with Crippen LogP contribution in [0.4, 0.5) is 0 Å². The maximum atomic E-state index is 2.49. The van der Waals surface area contributed by atoms with E-state index in [0.717, 1.165) is 11.8 Å². The number of hydrogen-bond acceptors (Lipinski definition) is 0. The number of allylic oxidation sites excluding steroid dienone is 2. The van der Waals surface area contributed by atoms with Crippen LogP contribution in [0.5, 0.6) is 0 Å². The van der Waals surface area contributed by atoms with Crippen LogP contribution in [0.1, 0.15) is 26.3 Å². The minimum atomic E-state index is 0.445. The summed E-state index contributed by atoms with van der Waals surface area (Å²) in [5, 5.41) is 0. The minimum Gasteiger partial charge on any atom is -0.0839 e. The van der Waals surface area contributed by atoms with Crippen LogP contribution in [-0.2, 0) is 5.41 Å². The summed E-state index contributed by atoms with van der Waals surface area (Å²) in [5.41, 5.74) is 2.98. The lowest BCUT2D eigenvalue weighted by molar-refractivity contribution is 0.0935. The average Bonchev–Trinajstić information content (AvgIpc) is 2.56. The van der Waals surface area contributed by atoms with Gasteiger partial charge in [-0.05, 0) is 28.2 Å². The molecule has 4 rings (SSSR count). The Balaban J connectivity index is 1.93. The summed E-state index contributed by atoms with van der Waals surface area (Å²) in [6.45, 7) is 7.41. The fourth-order valence-corrected chi connectivity index (χ4v) is 5.37. The SMILES string of the molecule is CC1(C)C2(C)C3C=CC3C12c1ccccc1. The molecule has 0 radical (unpaired) electrons. The second-order valence-electron chi connectivity index (χ2n) is 6.44. The normalized spacial score (nSPS) is 49.7. The largest absolute Gasteiger partial charge is 0.0839 e. The average molecular weight is 210 g/mol. The van der Waals surface area contributed by atoms with Gasteiger partial charge in [-0.2, -0.15) is 0 Å². The topological polar surface area (TPSA) is 0 Å². The number of benzene rings is 1. The maximum absolute atomic E-state index is 2.49. The molecule has 16 heavy (non-hydrogen) atoms. The van der Waals surface area contributed by atoms with E-state index in [1.54, 1.807) is 5.56 Å². The molecule has 4 unspecified atom stereocenters. The van der Waals surface area contributed by atoms with Crippen LogP contribution >= 0.6 is 0 Å². The highest BCUT2D eigenvalue weighted by Crippen LogP contribution is 2.94. The third-order valence-corrected chi connectivity index (χ3v) is 6.35. The van der Waals surface area contributed by atoms with E-state index in [1.807, 2.05) is 0 Å². The zero-order valence-electron chi connectivity index (χ0n) is 10.2. The molecule has 2 fully saturated rings. The molecule has 0 N–H and O–H groups in total. The van der Waals surface area contributed by atoms with E-state index in [0.29, 0.717) is 16.2 Å². The lowest BCUT2D eigenvalue weighted by atomic mass is 9.50. The van der Waals surface area contributed by atoms with Gasteiger partial charge in [0.1, 0.15) is 0 Å². The molecule has 0 heterocycles. The molecule has 0 aliphatic heterocycles. The van der Waals surface area contributed by atoms with Gasteiger partial charge >= 0.3 is 0 Å². The molecule has 0 aromatic heterocycles. The monoisotopic (exact) mass is 210 g/mol. The van der Waals surface area contributed by atoms with Gasteiger partial charge in [0.2, 0.25) is 0 Å². The number of rotatable bonds is 1. The first-order valence-electron chi connectivity index (χ1n) is 6.32. The Hall–Kier alpha value is -1.04. The van der Waals surface area contributed by atoms with Gasteiger partial charge in [-0.1, -0.05) is 63.3 Å². The van der Waals surface area contributed by atoms with E-state index in [2.05, 4.69) is 63.3 Å². The van der Waals surface area contributed by atoms with Crippen molar-refractivity contribution in [2.75, 3.05) is 0 Å². The minimum absolute atomic E-state index is 0.445. The van der Waals surface area contributed by atoms with Gasteiger partial charge in [-0.15, -0.1) is 0 Å². The van der Waals surface area contributed by atoms with E-state index in [-0.39, 0.29) is 0 Å². The van der Waals surface area contributed by atoms with Crippen LogP contribution < -0.4 is 0 Å². The molecular weight excluding hydrogens is 192 g/mol. The Morgan fingerprint density at radius 2 is 1.50 bits per heavy atom. The van der Waals surface area contributed by atoms with Crippen molar-refractivity contribution in [1.82, 2.24) is 0 Å². The fourth-order valence-electron chi connectivity index (χ4n) is 5.37. The first-order chi connectivity index (χ1) is 7.58. The lowest BCUT2D eigenvalue weighted by Crippen LogP contribution is -2.50. The lowest BCUT2D eigenvalue weighted by Gasteiger charge is -2.53. The molecule has 3 aliphatic rings. The highest BCUT2D eigenvalue weighted by molar-refractivity contribution is 5.59. The van der Waals surface area contributed by atoms with Crippen molar-refractivity contribution >= 4 is 0 Å². The molecule has 2 saturated carbocycles. The van der Waals surface area contributed by atoms with E-state index in [9.17, 15) is 0 Å². The highest BCUT2D eigenvalue weighted by atomic mass is 15.0. The van der Waals surface area contributed by atoms with Crippen LogP contribution in [0.15, 0.2) is 42.5 Å². The van der Waals surface area contributed by atoms with E-state index < -0.39 is 0 Å². The smallest absolute Gasteiger partial charge is 0.0143 e. The molecule has 0 amide bonds. The van der Waals surface area contributed by atoms with Crippen molar-refractivity contribution in [2.45, 2.75) is 26.2 Å². The van der Waals surface area contributed by atoms with Crippen LogP contribution in [-0.4, -0.2) is 0 Å². The second-order valence-corrected chi connectivity index (χ2v) is 6.44. The van der Waals surface area contributed by atoms with Crippen molar-refractivity contribution in [2.24, 2.45) is 22.7 Å².